The molecular weight excluding hydrogens is 342 g/mol. The van der Waals surface area contributed by atoms with Gasteiger partial charge in [0.2, 0.25) is 5.69 Å². The lowest BCUT2D eigenvalue weighted by molar-refractivity contribution is 0.0520. The maximum absolute atomic E-state index is 12.8. The number of carbonyl (C=O) groups is 2. The van der Waals surface area contributed by atoms with E-state index in [-0.39, 0.29) is 24.4 Å². The van der Waals surface area contributed by atoms with Crippen molar-refractivity contribution in [2.45, 2.75) is 32.2 Å². The number of nitrogens with zero attached hydrogens (tertiary/aromatic N) is 4. The van der Waals surface area contributed by atoms with Gasteiger partial charge in [-0.25, -0.2) is 9.59 Å². The summed E-state index contributed by atoms with van der Waals surface area (Å²) in [6.45, 7) is 2.59. The van der Waals surface area contributed by atoms with E-state index in [1.807, 2.05) is 12.1 Å². The summed E-state index contributed by atoms with van der Waals surface area (Å²) in [7, 11) is 0. The molecule has 1 unspecified atom stereocenters. The summed E-state index contributed by atoms with van der Waals surface area (Å²) in [6, 6.07) is 3.53. The number of aromatic nitrogens is 3. The molecule has 1 N–H and O–H groups in total. The largest absolute Gasteiger partial charge is 0.461 e. The van der Waals surface area contributed by atoms with Crippen LogP contribution in [0.25, 0.3) is 0 Å². The van der Waals surface area contributed by atoms with Gasteiger partial charge in [-0.1, -0.05) is 10.6 Å². The van der Waals surface area contributed by atoms with E-state index in [4.69, 9.17) is 4.74 Å². The van der Waals surface area contributed by atoms with Gasteiger partial charge >= 0.3 is 12.0 Å². The van der Waals surface area contributed by atoms with Crippen LogP contribution in [-0.4, -0.2) is 44.6 Å². The first-order chi connectivity index (χ1) is 12.2. The lowest BCUT2D eigenvalue weighted by atomic mass is 9.97. The van der Waals surface area contributed by atoms with Crippen LogP contribution in [0.3, 0.4) is 0 Å². The molecule has 0 radical (unpaired) electrons. The van der Waals surface area contributed by atoms with Crippen molar-refractivity contribution in [1.82, 2.24) is 19.5 Å². The summed E-state index contributed by atoms with van der Waals surface area (Å²) in [6.07, 6.45) is 6.38. The monoisotopic (exact) mass is 361 g/mol. The molecule has 0 saturated carbocycles. The number of rotatable bonds is 4. The minimum absolute atomic E-state index is 0.0330. The number of ether oxygens (including phenoxy) is 1. The van der Waals surface area contributed by atoms with Gasteiger partial charge in [-0.15, -0.1) is 5.10 Å². The predicted molar refractivity (Wildman–Crippen MR) is 92.4 cm³/mol. The van der Waals surface area contributed by atoms with E-state index in [1.54, 1.807) is 24.2 Å². The number of pyridine rings is 1. The van der Waals surface area contributed by atoms with Gasteiger partial charge in [-0.3, -0.25) is 10.3 Å². The summed E-state index contributed by atoms with van der Waals surface area (Å²) in [5, 5.41) is 6.82. The highest BCUT2D eigenvalue weighted by Crippen LogP contribution is 2.31. The van der Waals surface area contributed by atoms with Crippen molar-refractivity contribution in [2.75, 3.05) is 18.5 Å². The van der Waals surface area contributed by atoms with Crippen LogP contribution in [0.5, 0.6) is 0 Å². The lowest BCUT2D eigenvalue weighted by Crippen LogP contribution is -2.41. The van der Waals surface area contributed by atoms with Crippen molar-refractivity contribution in [3.63, 3.8) is 0 Å². The van der Waals surface area contributed by atoms with E-state index in [1.165, 1.54) is 0 Å². The first-order valence-corrected chi connectivity index (χ1v) is 8.95. The van der Waals surface area contributed by atoms with E-state index in [0.717, 1.165) is 36.4 Å². The highest BCUT2D eigenvalue weighted by molar-refractivity contribution is 7.10. The number of urea groups is 1. The zero-order chi connectivity index (χ0) is 17.6. The quantitative estimate of drug-likeness (QED) is 0.841. The molecule has 0 spiro atoms. The molecule has 2 amide bonds. The molecule has 1 atom stereocenters. The van der Waals surface area contributed by atoms with Crippen molar-refractivity contribution in [3.05, 3.63) is 35.8 Å². The fourth-order valence-corrected chi connectivity index (χ4v) is 3.42. The Bertz CT molecular complexity index is 736. The fourth-order valence-electron chi connectivity index (χ4n) is 2.87. The Morgan fingerprint density at radius 3 is 3.08 bits per heavy atom. The van der Waals surface area contributed by atoms with Crippen molar-refractivity contribution in [1.29, 1.82) is 0 Å². The number of amides is 2. The van der Waals surface area contributed by atoms with E-state index in [9.17, 15) is 9.59 Å². The number of piperidine rings is 1. The number of anilines is 1. The first-order valence-electron chi connectivity index (χ1n) is 8.17. The number of carbonyl (C=O) groups excluding carboxylic acids is 2. The number of esters is 1. The van der Waals surface area contributed by atoms with Crippen LogP contribution in [0.4, 0.5) is 9.80 Å². The van der Waals surface area contributed by atoms with Crippen LogP contribution < -0.4 is 5.32 Å². The van der Waals surface area contributed by atoms with Gasteiger partial charge in [0, 0.05) is 30.5 Å². The second kappa shape index (κ2) is 8.02. The molecule has 3 rings (SSSR count). The Labute approximate surface area is 149 Å². The van der Waals surface area contributed by atoms with Gasteiger partial charge in [0.05, 0.1) is 12.6 Å². The summed E-state index contributed by atoms with van der Waals surface area (Å²) in [4.78, 5) is 30.6. The fraction of sp³-hybridized carbons (Fsp3) is 0.438. The molecule has 1 aliphatic heterocycles. The van der Waals surface area contributed by atoms with Crippen LogP contribution in [0.2, 0.25) is 0 Å². The van der Waals surface area contributed by atoms with Crippen molar-refractivity contribution in [3.8, 4) is 0 Å². The van der Waals surface area contributed by atoms with Gasteiger partial charge in [-0.2, -0.15) is 0 Å². The van der Waals surface area contributed by atoms with Gasteiger partial charge in [0.1, 0.15) is 0 Å². The molecule has 2 aromatic heterocycles. The maximum Gasteiger partial charge on any atom is 0.362 e. The highest BCUT2D eigenvalue weighted by atomic mass is 32.1. The molecule has 1 fully saturated rings. The predicted octanol–water partition coefficient (Wildman–Crippen LogP) is 2.87. The number of hydrogen-bond donors (Lipinski definition) is 1. The third-order valence-corrected chi connectivity index (χ3v) is 4.65. The summed E-state index contributed by atoms with van der Waals surface area (Å²) in [5.74, 6) is -0.589. The third-order valence-electron chi connectivity index (χ3n) is 4.01. The maximum atomic E-state index is 12.8. The van der Waals surface area contributed by atoms with Crippen LogP contribution in [0.1, 0.15) is 48.3 Å². The van der Waals surface area contributed by atoms with Gasteiger partial charge in [-0.05, 0) is 37.8 Å². The average Bonchev–Trinajstić information content (AvgIpc) is 3.11. The zero-order valence-electron chi connectivity index (χ0n) is 13.8. The third kappa shape index (κ3) is 3.93. The molecule has 1 aliphatic rings. The molecule has 2 aromatic rings. The highest BCUT2D eigenvalue weighted by Gasteiger charge is 2.29. The Balaban J connectivity index is 1.76. The first kappa shape index (κ1) is 17.3. The molecule has 8 nitrogen and oxygen atoms in total. The average molecular weight is 361 g/mol. The molecule has 132 valence electrons. The second-order valence-electron chi connectivity index (χ2n) is 5.59. The molecule has 0 bridgehead atoms. The van der Waals surface area contributed by atoms with E-state index < -0.39 is 5.97 Å². The molecule has 25 heavy (non-hydrogen) atoms. The Morgan fingerprint density at radius 1 is 1.44 bits per heavy atom. The Morgan fingerprint density at radius 2 is 2.32 bits per heavy atom. The molecule has 9 heteroatoms. The van der Waals surface area contributed by atoms with Gasteiger partial charge in [0.15, 0.2) is 5.00 Å². The normalized spacial score (nSPS) is 17.2. The van der Waals surface area contributed by atoms with Crippen molar-refractivity contribution < 1.29 is 14.3 Å². The Kier molecular flexibility index (Phi) is 5.54. The number of nitrogens with one attached hydrogen (secondary N) is 1. The topological polar surface area (TPSA) is 97.3 Å². The SMILES string of the molecule is CCOC(=O)c1nnsc1NC(=O)N1CCCCC1c1cccnc1. The molecule has 1 saturated heterocycles. The lowest BCUT2D eigenvalue weighted by Gasteiger charge is -2.35. The van der Waals surface area contributed by atoms with E-state index >= 15 is 0 Å². The second-order valence-corrected chi connectivity index (χ2v) is 6.35. The van der Waals surface area contributed by atoms with Crippen molar-refractivity contribution in [2.24, 2.45) is 0 Å². The van der Waals surface area contributed by atoms with Gasteiger partial charge < -0.3 is 9.64 Å². The summed E-state index contributed by atoms with van der Waals surface area (Å²) in [5.41, 5.74) is 1.04. The molecule has 3 heterocycles. The summed E-state index contributed by atoms with van der Waals surface area (Å²) < 4.78 is 8.68. The number of likely N-dealkylation sites (tertiary alicyclic amines) is 1. The van der Waals surface area contributed by atoms with E-state index in [2.05, 4.69) is 19.9 Å². The Hall–Kier alpha value is -2.55. The minimum atomic E-state index is -0.589. The zero-order valence-corrected chi connectivity index (χ0v) is 14.7. The number of hydrogen-bond acceptors (Lipinski definition) is 7. The summed E-state index contributed by atoms with van der Waals surface area (Å²) >= 11 is 0.960. The van der Waals surface area contributed by atoms with Crippen LogP contribution >= 0.6 is 11.5 Å². The van der Waals surface area contributed by atoms with Crippen LogP contribution in [-0.2, 0) is 4.74 Å². The molecule has 0 aliphatic carbocycles. The molecule has 0 aromatic carbocycles. The van der Waals surface area contributed by atoms with Crippen molar-refractivity contribution >= 4 is 28.5 Å². The standard InChI is InChI=1S/C16H19N5O3S/c1-2-24-15(22)13-14(25-20-19-13)18-16(23)21-9-4-3-7-12(21)11-6-5-8-17-10-11/h5-6,8,10,12H,2-4,7,9H2,1H3,(H,18,23). The smallest absolute Gasteiger partial charge is 0.362 e. The minimum Gasteiger partial charge on any atom is -0.461 e. The van der Waals surface area contributed by atoms with Crippen LogP contribution in [0, 0.1) is 0 Å². The van der Waals surface area contributed by atoms with Gasteiger partial charge in [0.25, 0.3) is 0 Å². The van der Waals surface area contributed by atoms with E-state index in [0.29, 0.717) is 11.5 Å². The molecular formula is C16H19N5O3S. The van der Waals surface area contributed by atoms with Crippen LogP contribution in [0.15, 0.2) is 24.5 Å².